The maximum atomic E-state index is 12.9. The number of pyridine rings is 1. The lowest BCUT2D eigenvalue weighted by Crippen LogP contribution is -2.38. The summed E-state index contributed by atoms with van der Waals surface area (Å²) in [6.07, 6.45) is -4.57. The van der Waals surface area contributed by atoms with Gasteiger partial charge in [0.05, 0.1) is 18.8 Å². The predicted octanol–water partition coefficient (Wildman–Crippen LogP) is 2.06. The summed E-state index contributed by atoms with van der Waals surface area (Å²) in [7, 11) is 0. The van der Waals surface area contributed by atoms with Crippen LogP contribution >= 0.6 is 12.4 Å². The lowest BCUT2D eigenvalue weighted by atomic mass is 10.2. The highest BCUT2D eigenvalue weighted by Gasteiger charge is 2.36. The van der Waals surface area contributed by atoms with Crippen LogP contribution in [0, 0.1) is 0 Å². The second-order valence-electron chi connectivity index (χ2n) is 3.97. The van der Waals surface area contributed by atoms with Gasteiger partial charge in [0.15, 0.2) is 5.69 Å². The third-order valence-corrected chi connectivity index (χ3v) is 2.71. The first-order chi connectivity index (χ1) is 8.89. The minimum atomic E-state index is -4.57. The van der Waals surface area contributed by atoms with Crippen molar-refractivity contribution in [2.24, 2.45) is 0 Å². The number of morpholine rings is 1. The summed E-state index contributed by atoms with van der Waals surface area (Å²) >= 11 is 0. The van der Waals surface area contributed by atoms with Crippen LogP contribution in [0.5, 0.6) is 0 Å². The van der Waals surface area contributed by atoms with Crippen LogP contribution in [-0.4, -0.2) is 42.4 Å². The lowest BCUT2D eigenvalue weighted by Gasteiger charge is -2.30. The number of carbonyl (C=O) groups is 1. The summed E-state index contributed by atoms with van der Waals surface area (Å²) in [5.41, 5.74) is -1.34. The van der Waals surface area contributed by atoms with E-state index in [2.05, 4.69) is 4.98 Å². The van der Waals surface area contributed by atoms with Crippen LogP contribution in [-0.2, 0) is 10.9 Å². The highest BCUT2D eigenvalue weighted by molar-refractivity contribution is 5.86. The van der Waals surface area contributed by atoms with E-state index in [0.717, 1.165) is 12.1 Å². The van der Waals surface area contributed by atoms with Gasteiger partial charge in [0.2, 0.25) is 0 Å². The molecule has 0 bridgehead atoms. The number of aromatic nitrogens is 1. The summed E-state index contributed by atoms with van der Waals surface area (Å²) in [4.78, 5) is 15.8. The Labute approximate surface area is 118 Å². The highest BCUT2D eigenvalue weighted by Crippen LogP contribution is 2.35. The monoisotopic (exact) mass is 312 g/mol. The van der Waals surface area contributed by atoms with Gasteiger partial charge in [0.25, 0.3) is 0 Å². The van der Waals surface area contributed by atoms with Gasteiger partial charge in [-0.1, -0.05) is 0 Å². The molecule has 1 aromatic rings. The predicted molar refractivity (Wildman–Crippen MR) is 66.5 cm³/mol. The Bertz CT molecular complexity index is 490. The number of nitrogens with zero attached hydrogens (tertiary/aromatic N) is 2. The van der Waals surface area contributed by atoms with Crippen molar-refractivity contribution in [3.05, 3.63) is 23.4 Å². The standard InChI is InChI=1S/C11H11F3N2O3.ClH/c12-11(13,14)7-1-2-8(10(17)18)15-9(7)16-3-5-19-6-4-16;/h1-2H,3-6H2,(H,17,18);1H. The SMILES string of the molecule is Cl.O=C(O)c1ccc(C(F)(F)F)c(N2CCOCC2)n1. The average molecular weight is 313 g/mol. The van der Waals surface area contributed by atoms with Crippen LogP contribution in [0.2, 0.25) is 0 Å². The van der Waals surface area contributed by atoms with Crippen molar-refractivity contribution >= 4 is 24.2 Å². The van der Waals surface area contributed by atoms with E-state index in [1.807, 2.05) is 0 Å². The van der Waals surface area contributed by atoms with E-state index in [1.165, 1.54) is 4.90 Å². The number of rotatable bonds is 2. The minimum absolute atomic E-state index is 0. The van der Waals surface area contributed by atoms with Crippen molar-refractivity contribution in [1.29, 1.82) is 0 Å². The maximum absolute atomic E-state index is 12.9. The fraction of sp³-hybridized carbons (Fsp3) is 0.455. The second kappa shape index (κ2) is 6.27. The second-order valence-corrected chi connectivity index (χ2v) is 3.97. The van der Waals surface area contributed by atoms with Crippen LogP contribution in [0.15, 0.2) is 12.1 Å². The van der Waals surface area contributed by atoms with E-state index in [1.54, 1.807) is 0 Å². The van der Waals surface area contributed by atoms with Crippen LogP contribution in [0.25, 0.3) is 0 Å². The van der Waals surface area contributed by atoms with Crippen LogP contribution in [0.4, 0.5) is 19.0 Å². The van der Waals surface area contributed by atoms with E-state index in [9.17, 15) is 18.0 Å². The molecular formula is C11H12ClF3N2O3. The molecule has 1 aliphatic heterocycles. The van der Waals surface area contributed by atoms with Gasteiger partial charge >= 0.3 is 12.1 Å². The topological polar surface area (TPSA) is 62.7 Å². The molecule has 9 heteroatoms. The summed E-state index contributed by atoms with van der Waals surface area (Å²) in [6.45, 7) is 1.07. The molecule has 112 valence electrons. The third kappa shape index (κ3) is 3.51. The molecule has 0 atom stereocenters. The Morgan fingerprint density at radius 1 is 1.30 bits per heavy atom. The molecule has 5 nitrogen and oxygen atoms in total. The highest BCUT2D eigenvalue weighted by atomic mass is 35.5. The van der Waals surface area contributed by atoms with Gasteiger partial charge in [-0.15, -0.1) is 12.4 Å². The first kappa shape index (κ1) is 16.5. The van der Waals surface area contributed by atoms with Gasteiger partial charge < -0.3 is 14.7 Å². The molecular weight excluding hydrogens is 301 g/mol. The van der Waals surface area contributed by atoms with Crippen molar-refractivity contribution in [1.82, 2.24) is 4.98 Å². The van der Waals surface area contributed by atoms with Crippen molar-refractivity contribution in [2.75, 3.05) is 31.2 Å². The average Bonchev–Trinajstić information content (AvgIpc) is 2.38. The quantitative estimate of drug-likeness (QED) is 0.905. The molecule has 2 rings (SSSR count). The summed E-state index contributed by atoms with van der Waals surface area (Å²) in [5.74, 6) is -1.71. The van der Waals surface area contributed by atoms with Gasteiger partial charge in [-0.25, -0.2) is 9.78 Å². The van der Waals surface area contributed by atoms with Crippen LogP contribution < -0.4 is 4.90 Å². The van der Waals surface area contributed by atoms with Gasteiger partial charge in [0, 0.05) is 13.1 Å². The number of hydrogen-bond acceptors (Lipinski definition) is 4. The molecule has 1 saturated heterocycles. The van der Waals surface area contributed by atoms with E-state index in [0.29, 0.717) is 0 Å². The molecule has 1 fully saturated rings. The molecule has 0 amide bonds. The maximum Gasteiger partial charge on any atom is 0.419 e. The number of halogens is 4. The molecule has 0 saturated carbocycles. The molecule has 1 N–H and O–H groups in total. The van der Waals surface area contributed by atoms with Gasteiger partial charge in [-0.05, 0) is 12.1 Å². The van der Waals surface area contributed by atoms with Gasteiger partial charge in [-0.2, -0.15) is 13.2 Å². The number of hydrogen-bond donors (Lipinski definition) is 1. The number of anilines is 1. The first-order valence-electron chi connectivity index (χ1n) is 5.54. The largest absolute Gasteiger partial charge is 0.477 e. The zero-order valence-electron chi connectivity index (χ0n) is 10.2. The van der Waals surface area contributed by atoms with Crippen LogP contribution in [0.1, 0.15) is 16.1 Å². The molecule has 0 radical (unpaired) electrons. The number of ether oxygens (including phenoxy) is 1. The van der Waals surface area contributed by atoms with Crippen molar-refractivity contribution in [3.8, 4) is 0 Å². The number of carboxylic acid groups (broad SMARTS) is 1. The number of carboxylic acids is 1. The third-order valence-electron chi connectivity index (χ3n) is 2.71. The molecule has 0 unspecified atom stereocenters. The Kier molecular flexibility index (Phi) is 5.18. The molecule has 0 aromatic carbocycles. The van der Waals surface area contributed by atoms with E-state index in [4.69, 9.17) is 9.84 Å². The minimum Gasteiger partial charge on any atom is -0.477 e. The summed E-state index contributed by atoms with van der Waals surface area (Å²) < 4.78 is 43.7. The van der Waals surface area contributed by atoms with Crippen LogP contribution in [0.3, 0.4) is 0 Å². The Balaban J connectivity index is 0.00000200. The molecule has 20 heavy (non-hydrogen) atoms. The fourth-order valence-electron chi connectivity index (χ4n) is 1.80. The summed E-state index contributed by atoms with van der Waals surface area (Å²) in [5, 5.41) is 8.81. The zero-order chi connectivity index (χ0) is 14.0. The van der Waals surface area contributed by atoms with Gasteiger partial charge in [0.1, 0.15) is 5.82 Å². The normalized spacial score (nSPS) is 15.7. The molecule has 0 spiro atoms. The first-order valence-corrected chi connectivity index (χ1v) is 5.54. The zero-order valence-corrected chi connectivity index (χ0v) is 11.0. The summed E-state index contributed by atoms with van der Waals surface area (Å²) in [6, 6.07) is 1.61. The van der Waals surface area contributed by atoms with E-state index in [-0.39, 0.29) is 44.5 Å². The Morgan fingerprint density at radius 2 is 1.90 bits per heavy atom. The number of aromatic carboxylic acids is 1. The van der Waals surface area contributed by atoms with Gasteiger partial charge in [-0.3, -0.25) is 0 Å². The van der Waals surface area contributed by atoms with E-state index < -0.39 is 23.4 Å². The Morgan fingerprint density at radius 3 is 2.40 bits per heavy atom. The van der Waals surface area contributed by atoms with Crippen molar-refractivity contribution < 1.29 is 27.8 Å². The fourth-order valence-corrected chi connectivity index (χ4v) is 1.80. The smallest absolute Gasteiger partial charge is 0.419 e. The molecule has 0 aliphatic carbocycles. The Hall–Kier alpha value is -1.54. The molecule has 2 heterocycles. The molecule has 1 aromatic heterocycles. The van der Waals surface area contributed by atoms with E-state index >= 15 is 0 Å². The van der Waals surface area contributed by atoms with Crippen molar-refractivity contribution in [3.63, 3.8) is 0 Å². The molecule has 1 aliphatic rings. The number of alkyl halides is 3. The lowest BCUT2D eigenvalue weighted by molar-refractivity contribution is -0.137. The van der Waals surface area contributed by atoms with Crippen molar-refractivity contribution in [2.45, 2.75) is 6.18 Å².